The van der Waals surface area contributed by atoms with Crippen LogP contribution in [0.25, 0.3) is 22.6 Å². The van der Waals surface area contributed by atoms with Gasteiger partial charge in [-0.05, 0) is 6.07 Å². The second kappa shape index (κ2) is 6.36. The maximum atomic E-state index is 12.5. The molecule has 0 atom stereocenters. The van der Waals surface area contributed by atoms with E-state index in [2.05, 4.69) is 24.6 Å². The third kappa shape index (κ3) is 3.06. The van der Waals surface area contributed by atoms with Gasteiger partial charge in [-0.2, -0.15) is 18.2 Å². The highest BCUT2D eigenvalue weighted by Gasteiger charge is 2.38. The molecule has 0 N–H and O–H groups in total. The van der Waals surface area contributed by atoms with Crippen molar-refractivity contribution in [3.05, 3.63) is 24.0 Å². The Morgan fingerprint density at radius 3 is 2.75 bits per heavy atom. The number of alkyl halides is 4. The molecule has 11 heteroatoms. The third-order valence-electron chi connectivity index (χ3n) is 3.23. The summed E-state index contributed by atoms with van der Waals surface area (Å²) in [6.07, 6.45) is -3.34. The van der Waals surface area contributed by atoms with Gasteiger partial charge in [0, 0.05) is 25.4 Å². The van der Waals surface area contributed by atoms with E-state index in [9.17, 15) is 13.2 Å². The molecule has 24 heavy (non-hydrogen) atoms. The molecule has 0 bridgehead atoms. The summed E-state index contributed by atoms with van der Waals surface area (Å²) in [7, 11) is 1.57. The Hall–Kier alpha value is -2.20. The number of imidazole rings is 1. The van der Waals surface area contributed by atoms with Crippen LogP contribution in [-0.2, 0) is 23.3 Å². The summed E-state index contributed by atoms with van der Waals surface area (Å²) < 4.78 is 48.6. The van der Waals surface area contributed by atoms with Gasteiger partial charge in [-0.25, -0.2) is 9.97 Å². The van der Waals surface area contributed by atoms with Crippen molar-refractivity contribution in [2.45, 2.75) is 18.6 Å². The van der Waals surface area contributed by atoms with Crippen LogP contribution in [0.3, 0.4) is 0 Å². The normalized spacial score (nSPS) is 12.2. The number of halogens is 4. The first-order chi connectivity index (χ1) is 11.4. The predicted octanol–water partition coefficient (Wildman–Crippen LogP) is 2.89. The highest BCUT2D eigenvalue weighted by atomic mass is 35.5. The van der Waals surface area contributed by atoms with E-state index in [1.807, 2.05) is 0 Å². The topological polar surface area (TPSA) is 78.9 Å². The molecular formula is C13H11ClF3N5O2. The number of pyridine rings is 1. The second-order valence-electron chi connectivity index (χ2n) is 4.79. The summed E-state index contributed by atoms with van der Waals surface area (Å²) in [5, 5.41) is 3.33. The van der Waals surface area contributed by atoms with Gasteiger partial charge >= 0.3 is 12.1 Å². The first kappa shape index (κ1) is 16.7. The molecule has 3 heterocycles. The first-order valence-corrected chi connectivity index (χ1v) is 7.29. The molecule has 0 radical (unpaired) electrons. The Morgan fingerprint density at radius 2 is 2.12 bits per heavy atom. The van der Waals surface area contributed by atoms with E-state index in [-0.39, 0.29) is 17.3 Å². The molecule has 0 aliphatic carbocycles. The Morgan fingerprint density at radius 1 is 1.33 bits per heavy atom. The van der Waals surface area contributed by atoms with Crippen LogP contribution in [0.1, 0.15) is 11.7 Å². The zero-order chi connectivity index (χ0) is 17.3. The molecule has 0 amide bonds. The van der Waals surface area contributed by atoms with Crippen LogP contribution < -0.4 is 0 Å². The van der Waals surface area contributed by atoms with E-state index < -0.39 is 12.1 Å². The summed E-state index contributed by atoms with van der Waals surface area (Å²) >= 11 is 5.88. The lowest BCUT2D eigenvalue weighted by Crippen LogP contribution is -2.08. The second-order valence-corrected chi connectivity index (χ2v) is 5.06. The van der Waals surface area contributed by atoms with Gasteiger partial charge in [0.1, 0.15) is 11.3 Å². The number of ether oxygens (including phenoxy) is 1. The summed E-state index contributed by atoms with van der Waals surface area (Å²) in [5.41, 5.74) is 1.28. The van der Waals surface area contributed by atoms with Crippen LogP contribution >= 0.6 is 11.6 Å². The molecule has 0 aromatic carbocycles. The molecule has 0 unspecified atom stereocenters. The molecule has 3 rings (SSSR count). The smallest absolute Gasteiger partial charge is 0.383 e. The van der Waals surface area contributed by atoms with E-state index in [1.165, 1.54) is 12.3 Å². The monoisotopic (exact) mass is 361 g/mol. The fraction of sp³-hybridized carbons (Fsp3) is 0.385. The summed E-state index contributed by atoms with van der Waals surface area (Å²) in [4.78, 5) is 11.9. The van der Waals surface area contributed by atoms with Crippen molar-refractivity contribution in [3.63, 3.8) is 0 Å². The van der Waals surface area contributed by atoms with Gasteiger partial charge in [0.25, 0.3) is 0 Å². The van der Waals surface area contributed by atoms with E-state index in [1.54, 1.807) is 11.7 Å². The molecule has 7 nitrogen and oxygen atoms in total. The van der Waals surface area contributed by atoms with Crippen LogP contribution in [0.4, 0.5) is 13.2 Å². The minimum absolute atomic E-state index is 0.163. The summed E-state index contributed by atoms with van der Waals surface area (Å²) in [6, 6.07) is 1.53. The van der Waals surface area contributed by atoms with E-state index in [0.29, 0.717) is 30.1 Å². The van der Waals surface area contributed by atoms with E-state index >= 15 is 0 Å². The molecule has 0 aliphatic rings. The molecule has 3 aromatic heterocycles. The molecule has 0 saturated heterocycles. The van der Waals surface area contributed by atoms with E-state index in [4.69, 9.17) is 16.3 Å². The summed E-state index contributed by atoms with van der Waals surface area (Å²) in [5.74, 6) is -0.881. The van der Waals surface area contributed by atoms with Crippen molar-refractivity contribution in [2.24, 2.45) is 0 Å². The van der Waals surface area contributed by atoms with Crippen LogP contribution in [0.2, 0.25) is 0 Å². The van der Waals surface area contributed by atoms with Gasteiger partial charge in [0.2, 0.25) is 5.82 Å². The van der Waals surface area contributed by atoms with Crippen LogP contribution in [0.15, 0.2) is 16.8 Å². The Kier molecular flexibility index (Phi) is 4.41. The van der Waals surface area contributed by atoms with Crippen molar-refractivity contribution in [2.75, 3.05) is 13.7 Å². The van der Waals surface area contributed by atoms with Gasteiger partial charge in [-0.15, -0.1) is 11.6 Å². The highest BCUT2D eigenvalue weighted by molar-refractivity contribution is 6.16. The highest BCUT2D eigenvalue weighted by Crippen LogP contribution is 2.29. The van der Waals surface area contributed by atoms with Crippen LogP contribution in [0, 0.1) is 0 Å². The Bertz CT molecular complexity index is 861. The van der Waals surface area contributed by atoms with Crippen LogP contribution in [-0.4, -0.2) is 38.4 Å². The van der Waals surface area contributed by atoms with Crippen molar-refractivity contribution >= 4 is 22.8 Å². The molecule has 128 valence electrons. The Balaban J connectivity index is 2.01. The number of fused-ring (bicyclic) bond motifs is 1. The predicted molar refractivity (Wildman–Crippen MR) is 77.3 cm³/mol. The number of hydrogen-bond acceptors (Lipinski definition) is 6. The SMILES string of the molecule is COCCn1c(CCl)nc2cc(-c3noc(C(F)(F)F)n3)cnc21. The van der Waals surface area contributed by atoms with Crippen molar-refractivity contribution in [1.29, 1.82) is 0 Å². The number of hydrogen-bond donors (Lipinski definition) is 0. The summed E-state index contributed by atoms with van der Waals surface area (Å²) in [6.45, 7) is 0.945. The lowest BCUT2D eigenvalue weighted by Gasteiger charge is -2.05. The van der Waals surface area contributed by atoms with Crippen LogP contribution in [0.5, 0.6) is 0 Å². The zero-order valence-electron chi connectivity index (χ0n) is 12.3. The standard InChI is InChI=1S/C13H11ClF3N5O2/c1-23-3-2-22-9(5-14)19-8-4-7(6-18-11(8)22)10-20-12(24-21-10)13(15,16)17/h4,6H,2-3,5H2,1H3. The molecule has 0 saturated carbocycles. The minimum Gasteiger partial charge on any atom is -0.383 e. The number of aromatic nitrogens is 5. The third-order valence-corrected chi connectivity index (χ3v) is 3.47. The maximum Gasteiger partial charge on any atom is 0.471 e. The van der Waals surface area contributed by atoms with Gasteiger partial charge < -0.3 is 13.8 Å². The molecule has 3 aromatic rings. The number of methoxy groups -OCH3 is 1. The maximum absolute atomic E-state index is 12.5. The number of rotatable bonds is 5. The molecule has 0 aliphatic heterocycles. The molecule has 0 spiro atoms. The first-order valence-electron chi connectivity index (χ1n) is 6.75. The average Bonchev–Trinajstić information content (AvgIpc) is 3.16. The average molecular weight is 362 g/mol. The molecule has 0 fully saturated rings. The fourth-order valence-corrected chi connectivity index (χ4v) is 2.36. The quantitative estimate of drug-likeness (QED) is 0.650. The fourth-order valence-electron chi connectivity index (χ4n) is 2.16. The van der Waals surface area contributed by atoms with Crippen molar-refractivity contribution < 1.29 is 22.4 Å². The number of nitrogens with zero attached hydrogens (tertiary/aromatic N) is 5. The Labute approximate surface area is 138 Å². The van der Waals surface area contributed by atoms with E-state index in [0.717, 1.165) is 0 Å². The van der Waals surface area contributed by atoms with Gasteiger partial charge in [-0.3, -0.25) is 0 Å². The van der Waals surface area contributed by atoms with Crippen molar-refractivity contribution in [3.8, 4) is 11.4 Å². The lowest BCUT2D eigenvalue weighted by atomic mass is 10.2. The van der Waals surface area contributed by atoms with Gasteiger partial charge in [0.15, 0.2) is 5.65 Å². The van der Waals surface area contributed by atoms with Gasteiger partial charge in [0.05, 0.1) is 12.5 Å². The largest absolute Gasteiger partial charge is 0.471 e. The lowest BCUT2D eigenvalue weighted by molar-refractivity contribution is -0.159. The van der Waals surface area contributed by atoms with Gasteiger partial charge in [-0.1, -0.05) is 5.16 Å². The minimum atomic E-state index is -4.70. The zero-order valence-corrected chi connectivity index (χ0v) is 13.1. The molecular weight excluding hydrogens is 351 g/mol. The van der Waals surface area contributed by atoms with Crippen molar-refractivity contribution in [1.82, 2.24) is 24.7 Å².